The van der Waals surface area contributed by atoms with Crippen LogP contribution in [0.1, 0.15) is 5.56 Å². The summed E-state index contributed by atoms with van der Waals surface area (Å²) in [6, 6.07) is 9.46. The van der Waals surface area contributed by atoms with E-state index in [4.69, 9.17) is 9.81 Å². The molecule has 1 unspecified atom stereocenters. The maximum Gasteiger partial charge on any atom is 0.214 e. The largest absolute Gasteiger partial charge is 0.321 e. The van der Waals surface area contributed by atoms with E-state index in [9.17, 15) is 0 Å². The Morgan fingerprint density at radius 2 is 2.08 bits per heavy atom. The van der Waals surface area contributed by atoms with E-state index in [2.05, 4.69) is 4.36 Å². The van der Waals surface area contributed by atoms with Crippen LogP contribution in [0.3, 0.4) is 0 Å². The minimum atomic E-state index is -1.16. The molecule has 1 N–H and O–H groups in total. The standard InChI is InChI=1S/C8H8N2OS/c9-7-10-12(11)6-8-4-2-1-3-5-8/h1-5H,6H2,(H,10,11). The molecule has 1 aromatic carbocycles. The third kappa shape index (κ3) is 2.82. The van der Waals surface area contributed by atoms with Crippen molar-refractivity contribution in [1.82, 2.24) is 0 Å². The highest BCUT2D eigenvalue weighted by Crippen LogP contribution is 2.02. The third-order valence-electron chi connectivity index (χ3n) is 1.28. The van der Waals surface area contributed by atoms with E-state index < -0.39 is 11.0 Å². The van der Waals surface area contributed by atoms with E-state index in [1.165, 1.54) is 0 Å². The summed E-state index contributed by atoms with van der Waals surface area (Å²) in [6.07, 6.45) is 1.58. The van der Waals surface area contributed by atoms with Gasteiger partial charge >= 0.3 is 0 Å². The summed E-state index contributed by atoms with van der Waals surface area (Å²) in [7, 11) is -1.16. The summed E-state index contributed by atoms with van der Waals surface area (Å²) in [4.78, 5) is 0. The van der Waals surface area contributed by atoms with Crippen LogP contribution in [0.5, 0.6) is 0 Å². The van der Waals surface area contributed by atoms with Gasteiger partial charge in [0.2, 0.25) is 6.19 Å². The predicted octanol–water partition coefficient (Wildman–Crippen LogP) is 1.94. The lowest BCUT2D eigenvalue weighted by molar-refractivity contribution is 0.647. The zero-order valence-corrected chi connectivity index (χ0v) is 7.16. The Balaban J connectivity index is 2.66. The predicted molar refractivity (Wildman–Crippen MR) is 48.2 cm³/mol. The molecule has 3 nitrogen and oxygen atoms in total. The highest BCUT2D eigenvalue weighted by atomic mass is 32.2. The van der Waals surface area contributed by atoms with E-state index in [0.29, 0.717) is 5.75 Å². The molecule has 0 saturated heterocycles. The van der Waals surface area contributed by atoms with Gasteiger partial charge in [0.25, 0.3) is 0 Å². The van der Waals surface area contributed by atoms with Crippen molar-refractivity contribution in [1.29, 1.82) is 5.26 Å². The van der Waals surface area contributed by atoms with E-state index >= 15 is 0 Å². The fraction of sp³-hybridized carbons (Fsp3) is 0.125. The van der Waals surface area contributed by atoms with Gasteiger partial charge in [-0.3, -0.25) is 0 Å². The first-order valence-corrected chi connectivity index (χ1v) is 4.67. The molecule has 1 aromatic rings. The molecule has 0 aromatic heterocycles. The number of rotatable bonds is 2. The Labute approximate surface area is 73.6 Å². The first-order valence-electron chi connectivity index (χ1n) is 3.37. The van der Waals surface area contributed by atoms with Crippen molar-refractivity contribution >= 4 is 11.0 Å². The van der Waals surface area contributed by atoms with Gasteiger partial charge in [-0.25, -0.2) is 0 Å². The van der Waals surface area contributed by atoms with Crippen molar-refractivity contribution in [3.05, 3.63) is 35.9 Å². The molecule has 0 aliphatic rings. The second-order valence-corrected chi connectivity index (χ2v) is 3.31. The zero-order chi connectivity index (χ0) is 8.81. The summed E-state index contributed by atoms with van der Waals surface area (Å²) in [5, 5.41) is 8.14. The fourth-order valence-electron chi connectivity index (χ4n) is 0.803. The molecule has 62 valence electrons. The van der Waals surface area contributed by atoms with Gasteiger partial charge in [0.05, 0.1) is 5.75 Å². The van der Waals surface area contributed by atoms with Crippen LogP contribution in [0, 0.1) is 11.5 Å². The molecule has 0 saturated carbocycles. The lowest BCUT2D eigenvalue weighted by Gasteiger charge is -1.97. The zero-order valence-electron chi connectivity index (χ0n) is 6.34. The SMILES string of the molecule is N#CN=S(O)Cc1ccccc1. The highest BCUT2D eigenvalue weighted by Gasteiger charge is 1.93. The van der Waals surface area contributed by atoms with E-state index in [1.54, 1.807) is 6.19 Å². The molecule has 4 heteroatoms. The summed E-state index contributed by atoms with van der Waals surface area (Å²) in [6.45, 7) is 0. The van der Waals surface area contributed by atoms with Gasteiger partial charge in [0.1, 0.15) is 0 Å². The Morgan fingerprint density at radius 3 is 2.67 bits per heavy atom. The van der Waals surface area contributed by atoms with Gasteiger partial charge in [-0.1, -0.05) is 30.3 Å². The van der Waals surface area contributed by atoms with E-state index in [0.717, 1.165) is 5.56 Å². The molecular weight excluding hydrogens is 172 g/mol. The molecule has 0 bridgehead atoms. The van der Waals surface area contributed by atoms with Crippen molar-refractivity contribution < 1.29 is 4.55 Å². The maximum atomic E-state index is 9.14. The van der Waals surface area contributed by atoms with E-state index in [-0.39, 0.29) is 0 Å². The van der Waals surface area contributed by atoms with Crippen molar-refractivity contribution in [3.63, 3.8) is 0 Å². The van der Waals surface area contributed by atoms with Crippen LogP contribution in [0.2, 0.25) is 0 Å². The molecule has 12 heavy (non-hydrogen) atoms. The Morgan fingerprint density at radius 1 is 1.42 bits per heavy atom. The summed E-state index contributed by atoms with van der Waals surface area (Å²) in [5.74, 6) is 0.425. The van der Waals surface area contributed by atoms with E-state index in [1.807, 2.05) is 30.3 Å². The van der Waals surface area contributed by atoms with Crippen LogP contribution in [0.25, 0.3) is 0 Å². The maximum absolute atomic E-state index is 9.14. The van der Waals surface area contributed by atoms with Gasteiger partial charge in [-0.05, 0) is 5.56 Å². The summed E-state index contributed by atoms with van der Waals surface area (Å²) < 4.78 is 12.4. The number of hydrogen-bond acceptors (Lipinski definition) is 2. The lowest BCUT2D eigenvalue weighted by atomic mass is 10.2. The van der Waals surface area contributed by atoms with Crippen LogP contribution >= 0.6 is 0 Å². The minimum Gasteiger partial charge on any atom is -0.321 e. The van der Waals surface area contributed by atoms with Gasteiger partial charge in [-0.15, -0.1) is 4.36 Å². The van der Waals surface area contributed by atoms with Crippen LogP contribution in [0.15, 0.2) is 34.7 Å². The molecule has 0 amide bonds. The van der Waals surface area contributed by atoms with Gasteiger partial charge in [0.15, 0.2) is 0 Å². The Kier molecular flexibility index (Phi) is 3.45. The average Bonchev–Trinajstić information content (AvgIpc) is 2.06. The van der Waals surface area contributed by atoms with Crippen molar-refractivity contribution in [3.8, 4) is 6.19 Å². The van der Waals surface area contributed by atoms with Crippen molar-refractivity contribution in [2.24, 2.45) is 4.36 Å². The molecule has 0 fully saturated rings. The number of nitriles is 1. The highest BCUT2D eigenvalue weighted by molar-refractivity contribution is 7.80. The first kappa shape index (κ1) is 8.91. The third-order valence-corrected chi connectivity index (χ3v) is 2.17. The quantitative estimate of drug-likeness (QED) is 0.707. The van der Waals surface area contributed by atoms with Crippen molar-refractivity contribution in [2.45, 2.75) is 5.75 Å². The normalized spacial score (nSPS) is 12.3. The number of hydrogen-bond donors (Lipinski definition) is 1. The minimum absolute atomic E-state index is 0.425. The fourth-order valence-corrected chi connectivity index (χ4v) is 1.45. The lowest BCUT2D eigenvalue weighted by Crippen LogP contribution is -1.91. The summed E-state index contributed by atoms with van der Waals surface area (Å²) in [5.41, 5.74) is 0.988. The molecule has 0 aliphatic heterocycles. The van der Waals surface area contributed by atoms with Crippen molar-refractivity contribution in [2.75, 3.05) is 0 Å². The number of benzene rings is 1. The van der Waals surface area contributed by atoms with Crippen LogP contribution in [-0.2, 0) is 16.7 Å². The smallest absolute Gasteiger partial charge is 0.214 e. The second-order valence-electron chi connectivity index (χ2n) is 2.16. The van der Waals surface area contributed by atoms with Crippen LogP contribution in [-0.4, -0.2) is 4.55 Å². The molecule has 0 radical (unpaired) electrons. The Bertz CT molecular complexity index is 316. The first-order chi connectivity index (χ1) is 5.83. The second kappa shape index (κ2) is 4.65. The molecular formula is C8H8N2OS. The molecule has 1 atom stereocenters. The Hall–Kier alpha value is -1.18. The monoisotopic (exact) mass is 180 g/mol. The molecule has 0 heterocycles. The van der Waals surface area contributed by atoms with Gasteiger partial charge in [-0.2, -0.15) is 5.26 Å². The topological polar surface area (TPSA) is 56.4 Å². The van der Waals surface area contributed by atoms with Crippen LogP contribution in [0.4, 0.5) is 0 Å². The molecule has 1 rings (SSSR count). The van der Waals surface area contributed by atoms with Gasteiger partial charge in [0, 0.05) is 11.0 Å². The molecule has 0 aliphatic carbocycles. The number of nitrogens with zero attached hydrogens (tertiary/aromatic N) is 2. The van der Waals surface area contributed by atoms with Gasteiger partial charge < -0.3 is 4.55 Å². The average molecular weight is 180 g/mol. The summed E-state index contributed by atoms with van der Waals surface area (Å²) >= 11 is 0. The molecule has 0 spiro atoms. The van der Waals surface area contributed by atoms with Crippen LogP contribution < -0.4 is 0 Å².